The number of carbonyl (C=O) groups excluding carboxylic acids is 1. The number of nitrogens with zero attached hydrogens (tertiary/aromatic N) is 1. The van der Waals surface area contributed by atoms with E-state index in [0.717, 1.165) is 0 Å². The molecule has 84 valence electrons. The molecule has 1 heterocycles. The van der Waals surface area contributed by atoms with E-state index in [2.05, 4.69) is 12.6 Å². The number of rotatable bonds is 4. The van der Waals surface area contributed by atoms with Gasteiger partial charge in [0.1, 0.15) is 6.04 Å². The van der Waals surface area contributed by atoms with Crippen molar-refractivity contribution in [3.05, 3.63) is 12.2 Å². The number of thiol groups is 1. The van der Waals surface area contributed by atoms with Gasteiger partial charge in [0.15, 0.2) is 0 Å². The zero-order valence-electron chi connectivity index (χ0n) is 8.59. The van der Waals surface area contributed by atoms with E-state index in [1.807, 2.05) is 6.92 Å². The van der Waals surface area contributed by atoms with E-state index in [-0.39, 0.29) is 11.8 Å². The lowest BCUT2D eigenvalue weighted by molar-refractivity contribution is -0.148. The number of aliphatic carboxylic acids is 1. The minimum Gasteiger partial charge on any atom is -0.479 e. The molecule has 1 N–H and O–H groups in total. The molecule has 1 aliphatic heterocycles. The maximum absolute atomic E-state index is 11.9. The van der Waals surface area contributed by atoms with Crippen LogP contribution in [0.3, 0.4) is 0 Å². The second-order valence-electron chi connectivity index (χ2n) is 3.49. The summed E-state index contributed by atoms with van der Waals surface area (Å²) in [6.45, 7) is 2.29. The van der Waals surface area contributed by atoms with Crippen molar-refractivity contribution in [3.63, 3.8) is 0 Å². The van der Waals surface area contributed by atoms with Crippen LogP contribution in [0.25, 0.3) is 0 Å². The highest BCUT2D eigenvalue weighted by Crippen LogP contribution is 2.17. The Labute approximate surface area is 94.4 Å². The molecule has 0 saturated heterocycles. The van der Waals surface area contributed by atoms with E-state index < -0.39 is 12.0 Å². The molecule has 2 unspecified atom stereocenters. The van der Waals surface area contributed by atoms with Gasteiger partial charge < -0.3 is 10.0 Å². The molecule has 1 amide bonds. The summed E-state index contributed by atoms with van der Waals surface area (Å²) < 4.78 is 0. The van der Waals surface area contributed by atoms with Crippen LogP contribution in [-0.4, -0.2) is 40.2 Å². The first kappa shape index (κ1) is 12.1. The summed E-state index contributed by atoms with van der Waals surface area (Å²) in [4.78, 5) is 24.1. The fourth-order valence-corrected chi connectivity index (χ4v) is 1.99. The van der Waals surface area contributed by atoms with Crippen LogP contribution in [0.4, 0.5) is 0 Å². The minimum absolute atomic E-state index is 0.120. The highest BCUT2D eigenvalue weighted by atomic mass is 32.1. The van der Waals surface area contributed by atoms with Gasteiger partial charge >= 0.3 is 5.97 Å². The van der Waals surface area contributed by atoms with Crippen LogP contribution in [0, 0.1) is 5.92 Å². The van der Waals surface area contributed by atoms with Crippen LogP contribution in [0.5, 0.6) is 0 Å². The maximum atomic E-state index is 11.9. The van der Waals surface area contributed by atoms with Crippen LogP contribution in [0.15, 0.2) is 12.2 Å². The van der Waals surface area contributed by atoms with Crippen molar-refractivity contribution in [2.75, 3.05) is 12.3 Å². The Bertz CT molecular complexity index is 286. The molecular weight excluding hydrogens is 214 g/mol. The second kappa shape index (κ2) is 5.21. The van der Waals surface area contributed by atoms with E-state index in [1.54, 1.807) is 12.2 Å². The molecule has 15 heavy (non-hydrogen) atoms. The molecular formula is C10H15NO3S. The summed E-state index contributed by atoms with van der Waals surface area (Å²) in [7, 11) is 0. The molecule has 0 fully saturated rings. The summed E-state index contributed by atoms with van der Waals surface area (Å²) in [5.74, 6) is -0.829. The van der Waals surface area contributed by atoms with Gasteiger partial charge in [0.25, 0.3) is 0 Å². The summed E-state index contributed by atoms with van der Waals surface area (Å²) in [5.41, 5.74) is 0. The van der Waals surface area contributed by atoms with Gasteiger partial charge in [-0.15, -0.1) is 0 Å². The standard InChI is InChI=1S/C10H15NO3S/c1-2-7(6-15)9(12)11-5-3-4-8(11)10(13)14/h3-4,7-8,15H,2,5-6H2,1H3,(H,13,14). The first-order chi connectivity index (χ1) is 7.11. The Morgan fingerprint density at radius 2 is 2.33 bits per heavy atom. The molecule has 0 aromatic rings. The largest absolute Gasteiger partial charge is 0.479 e. The molecule has 2 atom stereocenters. The van der Waals surface area contributed by atoms with Crippen molar-refractivity contribution in [1.29, 1.82) is 0 Å². The maximum Gasteiger partial charge on any atom is 0.330 e. The van der Waals surface area contributed by atoms with E-state index >= 15 is 0 Å². The molecule has 1 rings (SSSR count). The SMILES string of the molecule is CCC(CS)C(=O)N1CC=CC1C(=O)O. The fourth-order valence-electron chi connectivity index (χ4n) is 1.58. The Hall–Kier alpha value is -0.970. The predicted octanol–water partition coefficient (Wildman–Crippen LogP) is 0.794. The third kappa shape index (κ3) is 2.53. The van der Waals surface area contributed by atoms with E-state index in [0.29, 0.717) is 18.7 Å². The van der Waals surface area contributed by atoms with Gasteiger partial charge in [0.2, 0.25) is 5.91 Å². The lowest BCUT2D eigenvalue weighted by Crippen LogP contribution is -2.44. The summed E-state index contributed by atoms with van der Waals surface area (Å²) >= 11 is 4.09. The molecule has 0 aromatic heterocycles. The molecule has 0 aromatic carbocycles. The topological polar surface area (TPSA) is 57.6 Å². The Kier molecular flexibility index (Phi) is 4.20. The number of amides is 1. The smallest absolute Gasteiger partial charge is 0.330 e. The number of carboxylic acids is 1. The van der Waals surface area contributed by atoms with Crippen LogP contribution in [0.2, 0.25) is 0 Å². The number of hydrogen-bond donors (Lipinski definition) is 2. The van der Waals surface area contributed by atoms with Gasteiger partial charge in [-0.3, -0.25) is 4.79 Å². The van der Waals surface area contributed by atoms with Crippen molar-refractivity contribution in [2.24, 2.45) is 5.92 Å². The second-order valence-corrected chi connectivity index (χ2v) is 3.85. The van der Waals surface area contributed by atoms with Crippen LogP contribution in [-0.2, 0) is 9.59 Å². The van der Waals surface area contributed by atoms with Gasteiger partial charge in [-0.2, -0.15) is 12.6 Å². The molecule has 1 aliphatic rings. The quantitative estimate of drug-likeness (QED) is 0.553. The lowest BCUT2D eigenvalue weighted by Gasteiger charge is -2.25. The predicted molar refractivity (Wildman–Crippen MR) is 59.9 cm³/mol. The average Bonchev–Trinajstić information content (AvgIpc) is 2.67. The molecule has 0 saturated carbocycles. The monoisotopic (exact) mass is 229 g/mol. The Morgan fingerprint density at radius 3 is 2.80 bits per heavy atom. The average molecular weight is 229 g/mol. The van der Waals surface area contributed by atoms with E-state index in [9.17, 15) is 9.59 Å². The highest BCUT2D eigenvalue weighted by molar-refractivity contribution is 7.80. The summed E-state index contributed by atoms with van der Waals surface area (Å²) in [6, 6.07) is -0.800. The van der Waals surface area contributed by atoms with Crippen molar-refractivity contribution in [2.45, 2.75) is 19.4 Å². The first-order valence-corrected chi connectivity index (χ1v) is 5.55. The number of hydrogen-bond acceptors (Lipinski definition) is 3. The molecule has 4 nitrogen and oxygen atoms in total. The van der Waals surface area contributed by atoms with E-state index in [1.165, 1.54) is 4.90 Å². The van der Waals surface area contributed by atoms with Gasteiger partial charge in [0.05, 0.1) is 0 Å². The van der Waals surface area contributed by atoms with Crippen molar-refractivity contribution in [3.8, 4) is 0 Å². The molecule has 0 spiro atoms. The van der Waals surface area contributed by atoms with Crippen molar-refractivity contribution >= 4 is 24.5 Å². The van der Waals surface area contributed by atoms with Crippen molar-refractivity contribution < 1.29 is 14.7 Å². The van der Waals surface area contributed by atoms with Gasteiger partial charge in [0, 0.05) is 18.2 Å². The third-order valence-corrected chi connectivity index (χ3v) is 3.00. The molecule has 0 bridgehead atoms. The fraction of sp³-hybridized carbons (Fsp3) is 0.600. The van der Waals surface area contributed by atoms with Crippen molar-refractivity contribution in [1.82, 2.24) is 4.90 Å². The molecule has 0 radical (unpaired) electrons. The van der Waals surface area contributed by atoms with Crippen LogP contribution in [0.1, 0.15) is 13.3 Å². The number of carbonyl (C=O) groups is 2. The minimum atomic E-state index is -0.980. The zero-order valence-corrected chi connectivity index (χ0v) is 9.48. The zero-order chi connectivity index (χ0) is 11.4. The van der Waals surface area contributed by atoms with Gasteiger partial charge in [-0.05, 0) is 6.42 Å². The highest BCUT2D eigenvalue weighted by Gasteiger charge is 2.32. The van der Waals surface area contributed by atoms with Crippen LogP contribution < -0.4 is 0 Å². The van der Waals surface area contributed by atoms with Gasteiger partial charge in [-0.25, -0.2) is 4.79 Å². The molecule has 0 aliphatic carbocycles. The number of carboxylic acid groups (broad SMARTS) is 1. The molecule has 5 heteroatoms. The van der Waals surface area contributed by atoms with E-state index in [4.69, 9.17) is 5.11 Å². The van der Waals surface area contributed by atoms with Crippen LogP contribution >= 0.6 is 12.6 Å². The first-order valence-electron chi connectivity index (χ1n) is 4.92. The summed E-state index contributed by atoms with van der Waals surface area (Å²) in [6.07, 6.45) is 3.94. The normalized spacial score (nSPS) is 21.7. The summed E-state index contributed by atoms with van der Waals surface area (Å²) in [5, 5.41) is 8.90. The van der Waals surface area contributed by atoms with Gasteiger partial charge in [-0.1, -0.05) is 19.1 Å². The Morgan fingerprint density at radius 1 is 1.67 bits per heavy atom. The third-order valence-electron chi connectivity index (χ3n) is 2.55. The Balaban J connectivity index is 2.72. The lowest BCUT2D eigenvalue weighted by atomic mass is 10.1.